The number of aromatic nitrogens is 3. The maximum absolute atomic E-state index is 12.7. The zero-order chi connectivity index (χ0) is 22.0. The molecule has 10 heteroatoms. The van der Waals surface area contributed by atoms with Gasteiger partial charge in [0, 0.05) is 57.6 Å². The highest BCUT2D eigenvalue weighted by Gasteiger charge is 2.30. The van der Waals surface area contributed by atoms with Crippen LogP contribution in [0.15, 0.2) is 35.5 Å². The summed E-state index contributed by atoms with van der Waals surface area (Å²) in [6, 6.07) is 5.29. The van der Waals surface area contributed by atoms with E-state index in [1.54, 1.807) is 29.3 Å². The zero-order valence-corrected chi connectivity index (χ0v) is 18.8. The smallest absolute Gasteiger partial charge is 0.272 e. The van der Waals surface area contributed by atoms with Crippen molar-refractivity contribution in [2.45, 2.75) is 23.7 Å². The summed E-state index contributed by atoms with van der Waals surface area (Å²) < 4.78 is 24.8. The lowest BCUT2D eigenvalue weighted by molar-refractivity contribution is 0.0705. The van der Waals surface area contributed by atoms with Gasteiger partial charge in [-0.3, -0.25) is 9.78 Å². The largest absolute Gasteiger partial charge is 0.338 e. The zero-order valence-electron chi connectivity index (χ0n) is 17.9. The standard InChI is InChI=1S/C21H28N6O3S/c1-25-11-13-27(14-12-25)21-23-15-18(31(2,29)30)19(24-21)16-6-9-26(10-7-16)20(28)17-5-3-4-8-22-17/h3-5,8,15-16H,6-7,9-14H2,1-2H3. The van der Waals surface area contributed by atoms with E-state index in [9.17, 15) is 13.2 Å². The SMILES string of the molecule is CN1CCN(c2ncc(S(C)(=O)=O)c(C3CCN(C(=O)c4ccccn4)CC3)n2)CC1. The predicted molar refractivity (Wildman–Crippen MR) is 117 cm³/mol. The van der Waals surface area contributed by atoms with E-state index in [1.165, 1.54) is 12.5 Å². The normalized spacial score (nSPS) is 18.9. The molecule has 2 aliphatic rings. The van der Waals surface area contributed by atoms with Crippen molar-refractivity contribution in [1.29, 1.82) is 0 Å². The molecule has 2 fully saturated rings. The third kappa shape index (κ3) is 4.85. The van der Waals surface area contributed by atoms with E-state index in [2.05, 4.69) is 26.8 Å². The molecule has 9 nitrogen and oxygen atoms in total. The van der Waals surface area contributed by atoms with Crippen molar-refractivity contribution < 1.29 is 13.2 Å². The average Bonchev–Trinajstić information content (AvgIpc) is 2.79. The van der Waals surface area contributed by atoms with Gasteiger partial charge in [-0.15, -0.1) is 0 Å². The van der Waals surface area contributed by atoms with Crippen LogP contribution in [0.4, 0.5) is 5.95 Å². The van der Waals surface area contributed by atoms with E-state index < -0.39 is 9.84 Å². The van der Waals surface area contributed by atoms with Gasteiger partial charge in [-0.05, 0) is 32.0 Å². The number of hydrogen-bond donors (Lipinski definition) is 0. The monoisotopic (exact) mass is 444 g/mol. The fourth-order valence-corrected chi connectivity index (χ4v) is 4.95. The van der Waals surface area contributed by atoms with Crippen molar-refractivity contribution in [1.82, 2.24) is 24.8 Å². The number of amides is 1. The lowest BCUT2D eigenvalue weighted by Crippen LogP contribution is -2.45. The van der Waals surface area contributed by atoms with Crippen molar-refractivity contribution in [3.05, 3.63) is 42.0 Å². The van der Waals surface area contributed by atoms with Crippen molar-refractivity contribution in [3.8, 4) is 0 Å². The minimum Gasteiger partial charge on any atom is -0.338 e. The second kappa shape index (κ2) is 8.88. The summed E-state index contributed by atoms with van der Waals surface area (Å²) in [6.07, 6.45) is 5.57. The first-order valence-electron chi connectivity index (χ1n) is 10.5. The van der Waals surface area contributed by atoms with Gasteiger partial charge in [0.1, 0.15) is 10.6 Å². The summed E-state index contributed by atoms with van der Waals surface area (Å²) in [5.41, 5.74) is 1.01. The van der Waals surface area contributed by atoms with Crippen LogP contribution in [-0.2, 0) is 9.84 Å². The molecule has 2 aromatic rings. The van der Waals surface area contributed by atoms with Gasteiger partial charge in [0.2, 0.25) is 5.95 Å². The van der Waals surface area contributed by atoms with Crippen LogP contribution in [0.25, 0.3) is 0 Å². The van der Waals surface area contributed by atoms with Gasteiger partial charge in [0.15, 0.2) is 9.84 Å². The molecule has 4 rings (SSSR count). The molecule has 0 atom stereocenters. The Morgan fingerprint density at radius 1 is 1.03 bits per heavy atom. The Hall–Kier alpha value is -2.59. The number of nitrogens with zero attached hydrogens (tertiary/aromatic N) is 6. The van der Waals surface area contributed by atoms with Crippen LogP contribution in [-0.4, -0.2) is 91.6 Å². The Morgan fingerprint density at radius 2 is 1.74 bits per heavy atom. The topological polar surface area (TPSA) is 99.6 Å². The number of likely N-dealkylation sites (N-methyl/N-ethyl adjacent to an activating group) is 1. The Balaban J connectivity index is 1.54. The maximum Gasteiger partial charge on any atom is 0.272 e. The molecule has 1 amide bonds. The molecule has 0 unspecified atom stereocenters. The molecule has 0 radical (unpaired) electrons. The first-order chi connectivity index (χ1) is 14.8. The van der Waals surface area contributed by atoms with Crippen LogP contribution in [0.1, 0.15) is 34.9 Å². The molecule has 31 heavy (non-hydrogen) atoms. The molecular weight excluding hydrogens is 416 g/mol. The first kappa shape index (κ1) is 21.6. The number of piperidine rings is 1. The molecule has 4 heterocycles. The molecule has 166 valence electrons. The minimum atomic E-state index is -3.45. The number of anilines is 1. The molecule has 0 N–H and O–H groups in total. The third-order valence-corrected chi connectivity index (χ3v) is 7.12. The van der Waals surface area contributed by atoms with Crippen LogP contribution in [0.5, 0.6) is 0 Å². The number of carbonyl (C=O) groups is 1. The second-order valence-electron chi connectivity index (χ2n) is 8.26. The molecule has 0 spiro atoms. The van der Waals surface area contributed by atoms with Crippen molar-refractivity contribution in [2.24, 2.45) is 0 Å². The number of pyridine rings is 1. The van der Waals surface area contributed by atoms with Crippen LogP contribution >= 0.6 is 0 Å². The summed E-state index contributed by atoms with van der Waals surface area (Å²) in [6.45, 7) is 4.53. The van der Waals surface area contributed by atoms with Crippen LogP contribution in [0, 0.1) is 0 Å². The highest BCUT2D eigenvalue weighted by molar-refractivity contribution is 7.90. The Bertz CT molecular complexity index is 1030. The summed E-state index contributed by atoms with van der Waals surface area (Å²) >= 11 is 0. The van der Waals surface area contributed by atoms with Crippen LogP contribution < -0.4 is 4.90 Å². The van der Waals surface area contributed by atoms with Gasteiger partial charge in [-0.1, -0.05) is 6.07 Å². The quantitative estimate of drug-likeness (QED) is 0.690. The molecular formula is C21H28N6O3S. The highest BCUT2D eigenvalue weighted by atomic mass is 32.2. The summed E-state index contributed by atoms with van der Waals surface area (Å²) in [7, 11) is -1.37. The fourth-order valence-electron chi connectivity index (χ4n) is 4.12. The molecule has 0 bridgehead atoms. The highest BCUT2D eigenvalue weighted by Crippen LogP contribution is 2.32. The van der Waals surface area contributed by atoms with Crippen LogP contribution in [0.2, 0.25) is 0 Å². The number of rotatable bonds is 4. The molecule has 0 aromatic carbocycles. The number of carbonyl (C=O) groups excluding carboxylic acids is 1. The maximum atomic E-state index is 12.7. The van der Waals surface area contributed by atoms with E-state index >= 15 is 0 Å². The third-order valence-electron chi connectivity index (χ3n) is 6.01. The minimum absolute atomic E-state index is 0.0354. The van der Waals surface area contributed by atoms with Crippen molar-refractivity contribution >= 4 is 21.7 Å². The number of likely N-dealkylation sites (tertiary alicyclic amines) is 1. The predicted octanol–water partition coefficient (Wildman–Crippen LogP) is 1.05. The fraction of sp³-hybridized carbons (Fsp3) is 0.524. The summed E-state index contributed by atoms with van der Waals surface area (Å²) in [5, 5.41) is 0. The molecule has 2 aliphatic heterocycles. The lowest BCUT2D eigenvalue weighted by Gasteiger charge is -2.34. The van der Waals surface area contributed by atoms with Gasteiger partial charge >= 0.3 is 0 Å². The van der Waals surface area contributed by atoms with Gasteiger partial charge in [-0.25, -0.2) is 18.4 Å². The number of sulfone groups is 1. The molecule has 0 aliphatic carbocycles. The second-order valence-corrected chi connectivity index (χ2v) is 10.2. The van der Waals surface area contributed by atoms with E-state index in [0.29, 0.717) is 43.3 Å². The van der Waals surface area contributed by atoms with E-state index in [1.807, 2.05) is 0 Å². The van der Waals surface area contributed by atoms with Gasteiger partial charge in [0.25, 0.3) is 5.91 Å². The van der Waals surface area contributed by atoms with Crippen LogP contribution in [0.3, 0.4) is 0 Å². The van der Waals surface area contributed by atoms with E-state index in [-0.39, 0.29) is 16.7 Å². The van der Waals surface area contributed by atoms with E-state index in [4.69, 9.17) is 4.98 Å². The van der Waals surface area contributed by atoms with E-state index in [0.717, 1.165) is 26.2 Å². The van der Waals surface area contributed by atoms with Crippen molar-refractivity contribution in [3.63, 3.8) is 0 Å². The van der Waals surface area contributed by atoms with Crippen molar-refractivity contribution in [2.75, 3.05) is 57.5 Å². The number of hydrogen-bond acceptors (Lipinski definition) is 8. The average molecular weight is 445 g/mol. The Morgan fingerprint density at radius 3 is 2.35 bits per heavy atom. The lowest BCUT2D eigenvalue weighted by atomic mass is 9.93. The first-order valence-corrected chi connectivity index (χ1v) is 12.4. The molecule has 0 saturated carbocycles. The van der Waals surface area contributed by atoms with Gasteiger partial charge in [0.05, 0.1) is 11.9 Å². The number of piperazine rings is 1. The Labute approximate surface area is 183 Å². The Kier molecular flexibility index (Phi) is 6.19. The van der Waals surface area contributed by atoms with Gasteiger partial charge in [-0.2, -0.15) is 0 Å². The van der Waals surface area contributed by atoms with Gasteiger partial charge < -0.3 is 14.7 Å². The molecule has 2 saturated heterocycles. The summed E-state index contributed by atoms with van der Waals surface area (Å²) in [4.78, 5) is 32.3. The molecule has 2 aromatic heterocycles. The summed E-state index contributed by atoms with van der Waals surface area (Å²) in [5.74, 6) is 0.456.